The Labute approximate surface area is 99.3 Å². The van der Waals surface area contributed by atoms with E-state index in [4.69, 9.17) is 0 Å². The van der Waals surface area contributed by atoms with E-state index in [2.05, 4.69) is 22.5 Å². The lowest BCUT2D eigenvalue weighted by atomic mass is 10.0. The molecule has 0 atom stereocenters. The van der Waals surface area contributed by atoms with Crippen LogP contribution in [0.5, 0.6) is 0 Å². The average Bonchev–Trinajstić information content (AvgIpc) is 2.18. The monoisotopic (exact) mass is 266 g/mol. The van der Waals surface area contributed by atoms with Gasteiger partial charge in [-0.3, -0.25) is 4.79 Å². The summed E-state index contributed by atoms with van der Waals surface area (Å²) in [5.41, 5.74) is 2.97. The molecule has 1 aromatic carbocycles. The molecule has 0 aliphatic rings. The van der Waals surface area contributed by atoms with Crippen LogP contribution in [0, 0.1) is 6.92 Å². The number of carbonyl (C=O) groups excluding carboxylic acids is 1. The van der Waals surface area contributed by atoms with E-state index < -0.39 is 0 Å². The lowest BCUT2D eigenvalue weighted by molar-refractivity contribution is 0.0983. The summed E-state index contributed by atoms with van der Waals surface area (Å²) < 4.78 is 0.990. The molecule has 0 spiro atoms. The van der Waals surface area contributed by atoms with Gasteiger partial charge in [-0.1, -0.05) is 33.6 Å². The fourth-order valence-electron chi connectivity index (χ4n) is 1.24. The molecule has 0 bridgehead atoms. The van der Waals surface area contributed by atoms with E-state index >= 15 is 0 Å². The highest BCUT2D eigenvalue weighted by Crippen LogP contribution is 2.19. The lowest BCUT2D eigenvalue weighted by Crippen LogP contribution is -1.99. The second kappa shape index (κ2) is 5.26. The van der Waals surface area contributed by atoms with E-state index in [0.29, 0.717) is 6.42 Å². The van der Waals surface area contributed by atoms with Crippen LogP contribution in [0.4, 0.5) is 0 Å². The Morgan fingerprint density at radius 2 is 2.07 bits per heavy atom. The fourth-order valence-corrected chi connectivity index (χ4v) is 1.62. The summed E-state index contributed by atoms with van der Waals surface area (Å²) in [6.45, 7) is 7.74. The van der Waals surface area contributed by atoms with E-state index in [1.54, 1.807) is 0 Å². The minimum absolute atomic E-state index is 0.179. The highest BCUT2D eigenvalue weighted by atomic mass is 79.9. The van der Waals surface area contributed by atoms with Crippen LogP contribution in [0.1, 0.15) is 35.7 Å². The van der Waals surface area contributed by atoms with Gasteiger partial charge in [0.2, 0.25) is 0 Å². The van der Waals surface area contributed by atoms with Crippen LogP contribution in [-0.2, 0) is 0 Å². The summed E-state index contributed by atoms with van der Waals surface area (Å²) in [5.74, 6) is 0.179. The summed E-state index contributed by atoms with van der Waals surface area (Å²) in [6.07, 6.45) is 1.31. The van der Waals surface area contributed by atoms with Crippen LogP contribution in [0.2, 0.25) is 0 Å². The van der Waals surface area contributed by atoms with E-state index in [1.807, 2.05) is 32.0 Å². The molecular formula is C13H15BrO. The van der Waals surface area contributed by atoms with Gasteiger partial charge < -0.3 is 0 Å². The summed E-state index contributed by atoms with van der Waals surface area (Å²) in [4.78, 5) is 11.8. The van der Waals surface area contributed by atoms with Crippen molar-refractivity contribution in [2.75, 3.05) is 0 Å². The third kappa shape index (κ3) is 3.63. The number of aryl methyl sites for hydroxylation is 1. The first-order chi connectivity index (χ1) is 7.00. The van der Waals surface area contributed by atoms with Crippen molar-refractivity contribution in [1.29, 1.82) is 0 Å². The molecule has 15 heavy (non-hydrogen) atoms. The number of Topliss-reactive ketones (excluding diaryl/α,β-unsaturated/α-hetero) is 1. The predicted molar refractivity (Wildman–Crippen MR) is 67.3 cm³/mol. The van der Waals surface area contributed by atoms with Gasteiger partial charge in [0.15, 0.2) is 5.78 Å². The zero-order valence-electron chi connectivity index (χ0n) is 9.14. The van der Waals surface area contributed by atoms with Crippen LogP contribution >= 0.6 is 15.9 Å². The van der Waals surface area contributed by atoms with Crippen LogP contribution < -0.4 is 0 Å². The first-order valence-electron chi connectivity index (χ1n) is 4.94. The van der Waals surface area contributed by atoms with Crippen molar-refractivity contribution < 1.29 is 4.79 Å². The van der Waals surface area contributed by atoms with Crippen molar-refractivity contribution in [2.24, 2.45) is 0 Å². The molecule has 0 amide bonds. The number of benzene rings is 1. The van der Waals surface area contributed by atoms with Gasteiger partial charge in [0, 0.05) is 16.5 Å². The van der Waals surface area contributed by atoms with Crippen molar-refractivity contribution >= 4 is 21.7 Å². The summed E-state index contributed by atoms with van der Waals surface area (Å²) >= 11 is 3.42. The third-order valence-corrected chi connectivity index (χ3v) is 3.13. The van der Waals surface area contributed by atoms with E-state index in [-0.39, 0.29) is 5.78 Å². The molecule has 0 N–H and O–H groups in total. The number of halogens is 1. The number of hydrogen-bond donors (Lipinski definition) is 0. The molecule has 0 radical (unpaired) electrons. The van der Waals surface area contributed by atoms with Crippen molar-refractivity contribution in [3.05, 3.63) is 46.0 Å². The molecule has 0 aromatic heterocycles. The topological polar surface area (TPSA) is 17.1 Å². The lowest BCUT2D eigenvalue weighted by Gasteiger charge is -2.03. The van der Waals surface area contributed by atoms with Gasteiger partial charge in [0.1, 0.15) is 0 Å². The Morgan fingerprint density at radius 1 is 1.40 bits per heavy atom. The highest BCUT2D eigenvalue weighted by Gasteiger charge is 2.06. The minimum Gasteiger partial charge on any atom is -0.294 e. The van der Waals surface area contributed by atoms with Gasteiger partial charge in [0.25, 0.3) is 0 Å². The fraction of sp³-hybridized carbons (Fsp3) is 0.308. The molecule has 0 aliphatic heterocycles. The first kappa shape index (κ1) is 12.2. The van der Waals surface area contributed by atoms with E-state index in [1.165, 1.54) is 0 Å². The van der Waals surface area contributed by atoms with Gasteiger partial charge >= 0.3 is 0 Å². The minimum atomic E-state index is 0.179. The molecule has 0 unspecified atom stereocenters. The van der Waals surface area contributed by atoms with Gasteiger partial charge in [0.05, 0.1) is 0 Å². The number of hydrogen-bond acceptors (Lipinski definition) is 1. The predicted octanol–water partition coefficient (Wildman–Crippen LogP) is 4.30. The Morgan fingerprint density at radius 3 is 2.60 bits per heavy atom. The number of carbonyl (C=O) groups is 1. The smallest absolute Gasteiger partial charge is 0.163 e. The Balaban J connectivity index is 2.74. The van der Waals surface area contributed by atoms with Gasteiger partial charge in [-0.15, -0.1) is 6.58 Å². The second-order valence-corrected chi connectivity index (χ2v) is 4.70. The van der Waals surface area contributed by atoms with Crippen LogP contribution in [0.3, 0.4) is 0 Å². The van der Waals surface area contributed by atoms with Crippen molar-refractivity contribution in [3.63, 3.8) is 0 Å². The Kier molecular flexibility index (Phi) is 4.28. The number of allylic oxidation sites excluding steroid dienone is 1. The largest absolute Gasteiger partial charge is 0.294 e. The standard InChI is InChI=1S/C13H15BrO/c1-9(2)4-7-13(15)11-6-5-10(3)12(14)8-11/h5-6,8H,1,4,7H2,2-3H3. The second-order valence-electron chi connectivity index (χ2n) is 3.84. The van der Waals surface area contributed by atoms with Crippen LogP contribution in [0.15, 0.2) is 34.8 Å². The maximum atomic E-state index is 11.8. The summed E-state index contributed by atoms with van der Waals surface area (Å²) in [5, 5.41) is 0. The first-order valence-corrected chi connectivity index (χ1v) is 5.73. The Bertz CT molecular complexity index is 394. The van der Waals surface area contributed by atoms with Crippen molar-refractivity contribution in [2.45, 2.75) is 26.7 Å². The van der Waals surface area contributed by atoms with Gasteiger partial charge in [-0.25, -0.2) is 0 Å². The summed E-state index contributed by atoms with van der Waals surface area (Å²) in [7, 11) is 0. The highest BCUT2D eigenvalue weighted by molar-refractivity contribution is 9.10. The molecule has 0 fully saturated rings. The quantitative estimate of drug-likeness (QED) is 0.587. The SMILES string of the molecule is C=C(C)CCC(=O)c1ccc(C)c(Br)c1. The zero-order chi connectivity index (χ0) is 11.4. The van der Waals surface area contributed by atoms with Crippen molar-refractivity contribution in [3.8, 4) is 0 Å². The molecule has 0 saturated carbocycles. The van der Waals surface area contributed by atoms with E-state index in [0.717, 1.165) is 27.6 Å². The molecule has 1 aromatic rings. The Hall–Kier alpha value is -0.890. The molecule has 0 saturated heterocycles. The molecule has 0 heterocycles. The van der Waals surface area contributed by atoms with E-state index in [9.17, 15) is 4.79 Å². The summed E-state index contributed by atoms with van der Waals surface area (Å²) in [6, 6.07) is 5.72. The third-order valence-electron chi connectivity index (χ3n) is 2.27. The molecule has 2 heteroatoms. The zero-order valence-corrected chi connectivity index (χ0v) is 10.7. The average molecular weight is 267 g/mol. The van der Waals surface area contributed by atoms with Crippen molar-refractivity contribution in [1.82, 2.24) is 0 Å². The molecule has 1 nitrogen and oxygen atoms in total. The number of ketones is 1. The number of rotatable bonds is 4. The van der Waals surface area contributed by atoms with Crippen LogP contribution in [0.25, 0.3) is 0 Å². The maximum Gasteiger partial charge on any atom is 0.163 e. The molecule has 80 valence electrons. The molecular weight excluding hydrogens is 252 g/mol. The molecule has 0 aliphatic carbocycles. The maximum absolute atomic E-state index is 11.8. The molecule has 1 rings (SSSR count). The van der Waals surface area contributed by atoms with Gasteiger partial charge in [-0.2, -0.15) is 0 Å². The van der Waals surface area contributed by atoms with Crippen LogP contribution in [-0.4, -0.2) is 5.78 Å². The van der Waals surface area contributed by atoms with Gasteiger partial charge in [-0.05, 0) is 31.9 Å². The normalized spacial score (nSPS) is 10.1.